The van der Waals surface area contributed by atoms with Gasteiger partial charge < -0.3 is 0 Å². The first kappa shape index (κ1) is 23.3. The first-order chi connectivity index (χ1) is 16.2. The summed E-state index contributed by atoms with van der Waals surface area (Å²) >= 11 is 0. The van der Waals surface area contributed by atoms with E-state index in [1.54, 1.807) is 0 Å². The van der Waals surface area contributed by atoms with Crippen LogP contribution in [0, 0.1) is 23.6 Å². The number of benzene rings is 3. The summed E-state index contributed by atoms with van der Waals surface area (Å²) in [5, 5.41) is 1.64. The lowest BCUT2D eigenvalue weighted by molar-refractivity contribution is 0.308. The van der Waals surface area contributed by atoms with E-state index in [1.165, 1.54) is 37.7 Å². The van der Waals surface area contributed by atoms with E-state index >= 15 is 4.39 Å². The molecule has 0 bridgehead atoms. The number of allylic oxidation sites excluding steroid dienone is 1. The van der Waals surface area contributed by atoms with E-state index in [9.17, 15) is 0 Å². The highest BCUT2D eigenvalue weighted by Gasteiger charge is 2.24. The van der Waals surface area contributed by atoms with Crippen molar-refractivity contribution < 1.29 is 4.39 Å². The van der Waals surface area contributed by atoms with Crippen LogP contribution in [0.5, 0.6) is 0 Å². The molecule has 1 saturated carbocycles. The van der Waals surface area contributed by atoms with Gasteiger partial charge >= 0.3 is 0 Å². The topological polar surface area (TPSA) is 0 Å². The third-order valence-corrected chi connectivity index (χ3v) is 7.17. The van der Waals surface area contributed by atoms with Gasteiger partial charge in [0.15, 0.2) is 0 Å². The Labute approximate surface area is 198 Å². The summed E-state index contributed by atoms with van der Waals surface area (Å²) in [5.41, 5.74) is 4.20. The van der Waals surface area contributed by atoms with E-state index < -0.39 is 0 Å². The number of hydrogen-bond acceptors (Lipinski definition) is 0. The Morgan fingerprint density at radius 2 is 1.67 bits per heavy atom. The van der Waals surface area contributed by atoms with Crippen LogP contribution in [-0.2, 0) is 6.42 Å². The standard InChI is InChI=1S/C32H35F/c1-3-5-7-24-9-11-26(12-10-24)13-14-27-17-21-31-29(23-27)20-22-30(32(31)33)28-18-15-25(16-19-28)8-6-4-2/h4,9-12,17,20-23,25,28H,2-3,5-8,15-16,18-19H2,1H3. The van der Waals surface area contributed by atoms with Gasteiger partial charge in [-0.15, -0.1) is 6.58 Å². The van der Waals surface area contributed by atoms with Crippen LogP contribution in [0.1, 0.15) is 86.5 Å². The third kappa shape index (κ3) is 5.94. The molecule has 0 heterocycles. The van der Waals surface area contributed by atoms with E-state index in [2.05, 4.69) is 55.7 Å². The summed E-state index contributed by atoms with van der Waals surface area (Å²) in [6, 6.07) is 18.5. The number of halogens is 1. The van der Waals surface area contributed by atoms with Crippen LogP contribution in [0.2, 0.25) is 0 Å². The van der Waals surface area contributed by atoms with Gasteiger partial charge in [-0.2, -0.15) is 0 Å². The Hall–Kier alpha value is -2.85. The largest absolute Gasteiger partial charge is 0.206 e. The van der Waals surface area contributed by atoms with Gasteiger partial charge in [0.2, 0.25) is 0 Å². The van der Waals surface area contributed by atoms with Crippen molar-refractivity contribution in [2.45, 2.75) is 70.6 Å². The third-order valence-electron chi connectivity index (χ3n) is 7.17. The van der Waals surface area contributed by atoms with Gasteiger partial charge in [-0.1, -0.05) is 61.6 Å². The van der Waals surface area contributed by atoms with Crippen molar-refractivity contribution in [2.75, 3.05) is 0 Å². The summed E-state index contributed by atoms with van der Waals surface area (Å²) < 4.78 is 15.4. The lowest BCUT2D eigenvalue weighted by Crippen LogP contribution is -2.14. The molecule has 3 aromatic carbocycles. The second kappa shape index (κ2) is 11.3. The molecule has 0 nitrogen and oxygen atoms in total. The predicted molar refractivity (Wildman–Crippen MR) is 139 cm³/mol. The highest BCUT2D eigenvalue weighted by atomic mass is 19.1. The van der Waals surface area contributed by atoms with Crippen molar-refractivity contribution in [1.82, 2.24) is 0 Å². The zero-order valence-corrected chi connectivity index (χ0v) is 19.9. The molecule has 1 aliphatic carbocycles. The maximum Gasteiger partial charge on any atom is 0.134 e. The van der Waals surface area contributed by atoms with Crippen molar-refractivity contribution >= 4 is 10.8 Å². The van der Waals surface area contributed by atoms with Gasteiger partial charge in [-0.3, -0.25) is 0 Å². The molecule has 0 amide bonds. The highest BCUT2D eigenvalue weighted by molar-refractivity contribution is 5.85. The van der Waals surface area contributed by atoms with E-state index in [0.717, 1.165) is 53.7 Å². The van der Waals surface area contributed by atoms with Crippen molar-refractivity contribution in [3.8, 4) is 11.8 Å². The van der Waals surface area contributed by atoms with Crippen LogP contribution in [0.25, 0.3) is 10.8 Å². The average molecular weight is 439 g/mol. The molecule has 0 spiro atoms. The van der Waals surface area contributed by atoms with E-state index in [4.69, 9.17) is 0 Å². The maximum absolute atomic E-state index is 15.4. The summed E-state index contributed by atoms with van der Waals surface area (Å²) in [4.78, 5) is 0. The Balaban J connectivity index is 1.46. The molecule has 0 aliphatic heterocycles. The molecular formula is C32H35F. The number of hydrogen-bond donors (Lipinski definition) is 0. The molecule has 0 aromatic heterocycles. The second-order valence-electron chi connectivity index (χ2n) is 9.54. The average Bonchev–Trinajstić information content (AvgIpc) is 2.86. The second-order valence-corrected chi connectivity index (χ2v) is 9.54. The molecule has 0 atom stereocenters. The molecule has 1 heteroatoms. The molecule has 1 aliphatic rings. The van der Waals surface area contributed by atoms with Crippen LogP contribution in [0.3, 0.4) is 0 Å². The summed E-state index contributed by atoms with van der Waals surface area (Å²) in [6.07, 6.45) is 12.5. The molecule has 33 heavy (non-hydrogen) atoms. The van der Waals surface area contributed by atoms with Crippen molar-refractivity contribution in [1.29, 1.82) is 0 Å². The van der Waals surface area contributed by atoms with Crippen LogP contribution in [0.4, 0.5) is 4.39 Å². The fraction of sp³-hybridized carbons (Fsp3) is 0.375. The quantitative estimate of drug-likeness (QED) is 0.255. The Kier molecular flexibility index (Phi) is 8.01. The minimum Gasteiger partial charge on any atom is -0.206 e. The predicted octanol–water partition coefficient (Wildman–Crippen LogP) is 8.96. The molecule has 0 saturated heterocycles. The zero-order chi connectivity index (χ0) is 23.0. The number of rotatable bonds is 7. The minimum atomic E-state index is -0.0378. The highest BCUT2D eigenvalue weighted by Crippen LogP contribution is 2.39. The number of aryl methyl sites for hydroxylation is 1. The van der Waals surface area contributed by atoms with Gasteiger partial charge in [0, 0.05) is 16.5 Å². The van der Waals surface area contributed by atoms with E-state index in [-0.39, 0.29) is 5.82 Å². The van der Waals surface area contributed by atoms with Crippen molar-refractivity contribution in [3.05, 3.63) is 95.3 Å². The van der Waals surface area contributed by atoms with Crippen LogP contribution in [-0.4, -0.2) is 0 Å². The van der Waals surface area contributed by atoms with E-state index in [0.29, 0.717) is 11.3 Å². The first-order valence-corrected chi connectivity index (χ1v) is 12.6. The minimum absolute atomic E-state index is 0.0378. The molecule has 1 fully saturated rings. The lowest BCUT2D eigenvalue weighted by atomic mass is 9.76. The first-order valence-electron chi connectivity index (χ1n) is 12.6. The monoisotopic (exact) mass is 438 g/mol. The van der Waals surface area contributed by atoms with E-state index in [1.807, 2.05) is 30.3 Å². The molecule has 0 unspecified atom stereocenters. The van der Waals surface area contributed by atoms with Crippen LogP contribution < -0.4 is 0 Å². The SMILES string of the molecule is C=CCCC1CCC(c2ccc3cc(C#Cc4ccc(CCCC)cc4)ccc3c2F)CC1. The zero-order valence-electron chi connectivity index (χ0n) is 19.9. The summed E-state index contributed by atoms with van der Waals surface area (Å²) in [6.45, 7) is 6.05. The number of unbranched alkanes of at least 4 members (excludes halogenated alkanes) is 1. The number of fused-ring (bicyclic) bond motifs is 1. The fourth-order valence-corrected chi connectivity index (χ4v) is 5.10. The lowest BCUT2D eigenvalue weighted by Gasteiger charge is -2.29. The molecular weight excluding hydrogens is 403 g/mol. The molecule has 3 aromatic rings. The fourth-order valence-electron chi connectivity index (χ4n) is 5.10. The Morgan fingerprint density at radius 1 is 0.939 bits per heavy atom. The normalized spacial score (nSPS) is 18.0. The van der Waals surface area contributed by atoms with Crippen LogP contribution >= 0.6 is 0 Å². The molecule has 4 rings (SSSR count). The van der Waals surface area contributed by atoms with Gasteiger partial charge in [0.05, 0.1) is 0 Å². The van der Waals surface area contributed by atoms with Crippen molar-refractivity contribution in [3.63, 3.8) is 0 Å². The van der Waals surface area contributed by atoms with Gasteiger partial charge in [-0.05, 0) is 104 Å². The molecule has 0 radical (unpaired) electrons. The Bertz CT molecular complexity index is 1130. The summed E-state index contributed by atoms with van der Waals surface area (Å²) in [7, 11) is 0. The van der Waals surface area contributed by atoms with Crippen LogP contribution in [0.15, 0.2) is 67.3 Å². The smallest absolute Gasteiger partial charge is 0.134 e. The Morgan fingerprint density at radius 3 is 2.39 bits per heavy atom. The molecule has 170 valence electrons. The van der Waals surface area contributed by atoms with Crippen molar-refractivity contribution in [2.24, 2.45) is 5.92 Å². The molecule has 0 N–H and O–H groups in total. The van der Waals surface area contributed by atoms with Gasteiger partial charge in [0.25, 0.3) is 0 Å². The summed E-state index contributed by atoms with van der Waals surface area (Å²) in [5.74, 6) is 7.59. The van der Waals surface area contributed by atoms with Gasteiger partial charge in [-0.25, -0.2) is 4.39 Å². The van der Waals surface area contributed by atoms with Gasteiger partial charge in [0.1, 0.15) is 5.82 Å². The maximum atomic E-state index is 15.4.